The monoisotopic (exact) mass is 244 g/mol. The normalized spacial score (nSPS) is 20.1. The van der Waals surface area contributed by atoms with Gasteiger partial charge in [-0.3, -0.25) is 0 Å². The first-order valence-corrected chi connectivity index (χ1v) is 6.06. The molecule has 1 heterocycles. The van der Waals surface area contributed by atoms with Gasteiger partial charge in [0.1, 0.15) is 0 Å². The molecule has 2 rings (SSSR count). The van der Waals surface area contributed by atoms with Crippen molar-refractivity contribution in [2.24, 2.45) is 5.92 Å². The molecule has 1 atom stereocenters. The number of alkyl halides is 1. The summed E-state index contributed by atoms with van der Waals surface area (Å²) < 4.78 is 5.33. The summed E-state index contributed by atoms with van der Waals surface area (Å²) in [6.07, 6.45) is 2.10. The molecule has 1 nitrogen and oxygen atoms in total. The molecule has 1 aromatic rings. The van der Waals surface area contributed by atoms with Crippen molar-refractivity contribution in [2.75, 3.05) is 13.2 Å². The van der Waals surface area contributed by atoms with Crippen LogP contribution in [0, 0.1) is 5.92 Å². The van der Waals surface area contributed by atoms with Gasteiger partial charge in [-0.25, -0.2) is 0 Å². The van der Waals surface area contributed by atoms with Gasteiger partial charge >= 0.3 is 0 Å². The van der Waals surface area contributed by atoms with E-state index in [1.807, 2.05) is 24.3 Å². The molecule has 0 amide bonds. The second-order valence-corrected chi connectivity index (χ2v) is 4.81. The highest BCUT2D eigenvalue weighted by atomic mass is 35.5. The summed E-state index contributed by atoms with van der Waals surface area (Å²) in [6, 6.07) is 7.81. The van der Waals surface area contributed by atoms with E-state index in [4.69, 9.17) is 27.9 Å². The third-order valence-corrected chi connectivity index (χ3v) is 3.73. The summed E-state index contributed by atoms with van der Waals surface area (Å²) in [7, 11) is 0. The van der Waals surface area contributed by atoms with Crippen molar-refractivity contribution in [3.63, 3.8) is 0 Å². The second kappa shape index (κ2) is 5.20. The lowest BCUT2D eigenvalue weighted by molar-refractivity contribution is 0.0651. The summed E-state index contributed by atoms with van der Waals surface area (Å²) in [6.45, 7) is 1.67. The van der Waals surface area contributed by atoms with Crippen LogP contribution in [-0.4, -0.2) is 13.2 Å². The minimum absolute atomic E-state index is 0.0890. The molecule has 1 aliphatic heterocycles. The van der Waals surface area contributed by atoms with E-state index in [0.29, 0.717) is 5.92 Å². The highest BCUT2D eigenvalue weighted by Gasteiger charge is 2.23. The molecule has 82 valence electrons. The summed E-state index contributed by atoms with van der Waals surface area (Å²) >= 11 is 12.3. The van der Waals surface area contributed by atoms with Crippen molar-refractivity contribution >= 4 is 23.2 Å². The summed E-state index contributed by atoms with van der Waals surface area (Å²) in [4.78, 5) is 0. The highest BCUT2D eigenvalue weighted by molar-refractivity contribution is 6.30. The Balaban J connectivity index is 2.05. The Bertz CT molecular complexity index is 304. The maximum Gasteiger partial charge on any atom is 0.0615 e. The predicted molar refractivity (Wildman–Crippen MR) is 63.6 cm³/mol. The fraction of sp³-hybridized carbons (Fsp3) is 0.500. The first kappa shape index (κ1) is 11.3. The zero-order chi connectivity index (χ0) is 10.7. The molecule has 0 saturated carbocycles. The van der Waals surface area contributed by atoms with Gasteiger partial charge in [-0.1, -0.05) is 23.7 Å². The van der Waals surface area contributed by atoms with Crippen LogP contribution in [0.3, 0.4) is 0 Å². The van der Waals surface area contributed by atoms with E-state index < -0.39 is 0 Å². The number of ether oxygens (including phenoxy) is 1. The van der Waals surface area contributed by atoms with E-state index in [9.17, 15) is 0 Å². The quantitative estimate of drug-likeness (QED) is 0.714. The van der Waals surface area contributed by atoms with Crippen LogP contribution < -0.4 is 0 Å². The SMILES string of the molecule is Clc1ccc([C@H](Cl)C2CCOCC2)cc1. The van der Waals surface area contributed by atoms with Gasteiger partial charge in [0, 0.05) is 18.2 Å². The van der Waals surface area contributed by atoms with Crippen molar-refractivity contribution < 1.29 is 4.74 Å². The maximum atomic E-state index is 6.44. The number of hydrogen-bond acceptors (Lipinski definition) is 1. The Kier molecular flexibility index (Phi) is 3.90. The molecule has 0 radical (unpaired) electrons. The van der Waals surface area contributed by atoms with Crippen LogP contribution in [-0.2, 0) is 4.74 Å². The van der Waals surface area contributed by atoms with Gasteiger partial charge in [-0.15, -0.1) is 11.6 Å². The zero-order valence-corrected chi connectivity index (χ0v) is 9.97. The van der Waals surface area contributed by atoms with Gasteiger partial charge in [-0.05, 0) is 36.5 Å². The van der Waals surface area contributed by atoms with E-state index in [0.717, 1.165) is 36.6 Å². The largest absolute Gasteiger partial charge is 0.381 e. The first-order valence-electron chi connectivity index (χ1n) is 5.24. The van der Waals surface area contributed by atoms with Crippen LogP contribution in [0.15, 0.2) is 24.3 Å². The number of hydrogen-bond donors (Lipinski definition) is 0. The molecule has 3 heteroatoms. The Hall–Kier alpha value is -0.240. The third kappa shape index (κ3) is 2.87. The summed E-state index contributed by atoms with van der Waals surface area (Å²) in [5.74, 6) is 0.529. The predicted octanol–water partition coefficient (Wildman–Crippen LogP) is 4.05. The molecule has 0 unspecified atom stereocenters. The van der Waals surface area contributed by atoms with E-state index in [1.54, 1.807) is 0 Å². The zero-order valence-electron chi connectivity index (χ0n) is 8.46. The molecule has 0 bridgehead atoms. The van der Waals surface area contributed by atoms with Crippen LogP contribution in [0.2, 0.25) is 5.02 Å². The van der Waals surface area contributed by atoms with E-state index >= 15 is 0 Å². The molecular formula is C12H14Cl2O. The smallest absolute Gasteiger partial charge is 0.0615 e. The Labute approximate surface area is 100 Å². The molecular weight excluding hydrogens is 231 g/mol. The molecule has 1 fully saturated rings. The van der Waals surface area contributed by atoms with Crippen LogP contribution in [0.25, 0.3) is 0 Å². The Morgan fingerprint density at radius 1 is 1.13 bits per heavy atom. The Morgan fingerprint density at radius 2 is 1.73 bits per heavy atom. The van der Waals surface area contributed by atoms with Crippen molar-refractivity contribution in [3.05, 3.63) is 34.9 Å². The van der Waals surface area contributed by atoms with E-state index in [1.165, 1.54) is 0 Å². The van der Waals surface area contributed by atoms with Crippen LogP contribution >= 0.6 is 23.2 Å². The van der Waals surface area contributed by atoms with Crippen molar-refractivity contribution in [1.29, 1.82) is 0 Å². The molecule has 0 aliphatic carbocycles. The molecule has 0 N–H and O–H groups in total. The fourth-order valence-corrected chi connectivity index (χ4v) is 2.45. The molecule has 1 saturated heterocycles. The average Bonchev–Trinajstić information content (AvgIpc) is 2.30. The van der Waals surface area contributed by atoms with E-state index in [-0.39, 0.29) is 5.38 Å². The van der Waals surface area contributed by atoms with Gasteiger partial charge in [0.05, 0.1) is 5.38 Å². The molecule has 15 heavy (non-hydrogen) atoms. The summed E-state index contributed by atoms with van der Waals surface area (Å²) in [5, 5.41) is 0.848. The van der Waals surface area contributed by atoms with Gasteiger partial charge in [0.25, 0.3) is 0 Å². The number of halogens is 2. The lowest BCUT2D eigenvalue weighted by Crippen LogP contribution is -2.19. The second-order valence-electron chi connectivity index (χ2n) is 3.90. The third-order valence-electron chi connectivity index (χ3n) is 2.87. The maximum absolute atomic E-state index is 6.44. The lowest BCUT2D eigenvalue weighted by atomic mass is 9.92. The van der Waals surface area contributed by atoms with Crippen LogP contribution in [0.1, 0.15) is 23.8 Å². The van der Waals surface area contributed by atoms with Gasteiger partial charge < -0.3 is 4.74 Å². The minimum Gasteiger partial charge on any atom is -0.381 e. The average molecular weight is 245 g/mol. The van der Waals surface area contributed by atoms with Gasteiger partial charge in [0.15, 0.2) is 0 Å². The van der Waals surface area contributed by atoms with Crippen molar-refractivity contribution in [1.82, 2.24) is 0 Å². The molecule has 0 aromatic heterocycles. The van der Waals surface area contributed by atoms with Crippen LogP contribution in [0.5, 0.6) is 0 Å². The summed E-state index contributed by atoms with van der Waals surface area (Å²) in [5.41, 5.74) is 1.16. The standard InChI is InChI=1S/C12H14Cl2O/c13-11-3-1-9(2-4-11)12(14)10-5-7-15-8-6-10/h1-4,10,12H,5-8H2/t12-/m0/s1. The fourth-order valence-electron chi connectivity index (χ4n) is 1.93. The lowest BCUT2D eigenvalue weighted by Gasteiger charge is -2.26. The number of rotatable bonds is 2. The first-order chi connectivity index (χ1) is 7.27. The van der Waals surface area contributed by atoms with Gasteiger partial charge in [0.2, 0.25) is 0 Å². The number of benzene rings is 1. The van der Waals surface area contributed by atoms with Crippen molar-refractivity contribution in [3.8, 4) is 0 Å². The van der Waals surface area contributed by atoms with E-state index in [2.05, 4.69) is 0 Å². The Morgan fingerprint density at radius 3 is 2.33 bits per heavy atom. The highest BCUT2D eigenvalue weighted by Crippen LogP contribution is 2.35. The van der Waals surface area contributed by atoms with Gasteiger partial charge in [-0.2, -0.15) is 0 Å². The topological polar surface area (TPSA) is 9.23 Å². The van der Waals surface area contributed by atoms with Crippen LogP contribution in [0.4, 0.5) is 0 Å². The van der Waals surface area contributed by atoms with Crippen molar-refractivity contribution in [2.45, 2.75) is 18.2 Å². The molecule has 1 aliphatic rings. The molecule has 1 aromatic carbocycles. The minimum atomic E-state index is 0.0890. The molecule has 0 spiro atoms.